The fourth-order valence-electron chi connectivity index (χ4n) is 0.849. The molecule has 0 heterocycles. The number of nitroso groups, excluding NO2 is 1. The van der Waals surface area contributed by atoms with Crippen molar-refractivity contribution in [3.63, 3.8) is 0 Å². The van der Waals surface area contributed by atoms with Crippen molar-refractivity contribution in [2.75, 3.05) is 0 Å². The Balaban J connectivity index is 3.12. The number of hydrogen-bond acceptors (Lipinski definition) is 2. The van der Waals surface area contributed by atoms with Crippen LogP contribution in [-0.2, 0) is 0 Å². The van der Waals surface area contributed by atoms with Gasteiger partial charge in [0.1, 0.15) is 5.70 Å². The monoisotopic (exact) mass is 159 g/mol. The SMILES string of the molecule is Cc1ccc(C(=C=[N-])N=O)cc1. The van der Waals surface area contributed by atoms with Gasteiger partial charge in [0.25, 0.3) is 0 Å². The summed E-state index contributed by atoms with van der Waals surface area (Å²) in [7, 11) is 0. The first-order chi connectivity index (χ1) is 5.77. The lowest BCUT2D eigenvalue weighted by Crippen LogP contribution is -1.80. The molecule has 0 fully saturated rings. The molecule has 1 aromatic carbocycles. The van der Waals surface area contributed by atoms with E-state index in [1.54, 1.807) is 18.0 Å². The Morgan fingerprint density at radius 2 is 2.00 bits per heavy atom. The minimum Gasteiger partial charge on any atom is -0.761 e. The Morgan fingerprint density at radius 3 is 2.42 bits per heavy atom. The molecular formula is C9H7N2O-. The van der Waals surface area contributed by atoms with Crippen LogP contribution in [0.5, 0.6) is 0 Å². The first-order valence-electron chi connectivity index (χ1n) is 3.45. The third kappa shape index (κ3) is 1.65. The fourth-order valence-corrected chi connectivity index (χ4v) is 0.849. The summed E-state index contributed by atoms with van der Waals surface area (Å²) < 4.78 is 0. The molecule has 0 N–H and O–H groups in total. The number of aryl methyl sites for hydroxylation is 1. The van der Waals surface area contributed by atoms with Gasteiger partial charge in [-0.25, -0.2) is 5.87 Å². The summed E-state index contributed by atoms with van der Waals surface area (Å²) in [5, 5.41) is 11.1. The Hall–Kier alpha value is -1.73. The molecule has 1 rings (SSSR count). The van der Waals surface area contributed by atoms with E-state index in [9.17, 15) is 4.91 Å². The van der Waals surface area contributed by atoms with E-state index in [0.29, 0.717) is 5.56 Å². The Labute approximate surface area is 70.2 Å². The molecule has 0 aromatic heterocycles. The summed E-state index contributed by atoms with van der Waals surface area (Å²) in [5.41, 5.74) is 1.58. The van der Waals surface area contributed by atoms with Crippen molar-refractivity contribution in [2.45, 2.75) is 6.92 Å². The zero-order valence-electron chi connectivity index (χ0n) is 6.61. The van der Waals surface area contributed by atoms with Gasteiger partial charge in [-0.2, -0.15) is 0 Å². The van der Waals surface area contributed by atoms with Crippen molar-refractivity contribution in [2.24, 2.45) is 5.18 Å². The first-order valence-corrected chi connectivity index (χ1v) is 3.45. The molecular weight excluding hydrogens is 152 g/mol. The van der Waals surface area contributed by atoms with Gasteiger partial charge in [-0.3, -0.25) is 0 Å². The van der Waals surface area contributed by atoms with Crippen molar-refractivity contribution in [3.8, 4) is 0 Å². The number of benzene rings is 1. The van der Waals surface area contributed by atoms with Gasteiger partial charge in [0.05, 0.1) is 0 Å². The van der Waals surface area contributed by atoms with Crippen molar-refractivity contribution < 1.29 is 0 Å². The molecule has 0 amide bonds. The molecule has 0 saturated carbocycles. The van der Waals surface area contributed by atoms with Crippen LogP contribution in [-0.4, -0.2) is 5.87 Å². The molecule has 0 aliphatic heterocycles. The van der Waals surface area contributed by atoms with Crippen molar-refractivity contribution >= 4 is 11.6 Å². The fraction of sp³-hybridized carbons (Fsp3) is 0.111. The summed E-state index contributed by atoms with van der Waals surface area (Å²) in [6.45, 7) is 1.93. The Bertz CT molecular complexity index is 334. The van der Waals surface area contributed by atoms with Crippen LogP contribution in [0.25, 0.3) is 11.1 Å². The average molecular weight is 159 g/mol. The van der Waals surface area contributed by atoms with Gasteiger partial charge in [0.15, 0.2) is 0 Å². The van der Waals surface area contributed by atoms with E-state index in [4.69, 9.17) is 5.41 Å². The summed E-state index contributed by atoms with van der Waals surface area (Å²) in [5.74, 6) is 1.72. The molecule has 0 atom stereocenters. The maximum atomic E-state index is 10.1. The normalized spacial score (nSPS) is 8.75. The molecule has 3 nitrogen and oxygen atoms in total. The lowest BCUT2D eigenvalue weighted by atomic mass is 10.1. The molecule has 3 heteroatoms. The van der Waals surface area contributed by atoms with Gasteiger partial charge in [-0.1, -0.05) is 29.8 Å². The molecule has 0 bridgehead atoms. The van der Waals surface area contributed by atoms with Crippen LogP contribution in [0, 0.1) is 11.8 Å². The second-order valence-electron chi connectivity index (χ2n) is 2.42. The topological polar surface area (TPSA) is 51.7 Å². The van der Waals surface area contributed by atoms with Crippen molar-refractivity contribution in [3.05, 3.63) is 45.7 Å². The second kappa shape index (κ2) is 3.60. The van der Waals surface area contributed by atoms with Crippen LogP contribution in [0.15, 0.2) is 29.4 Å². The third-order valence-electron chi connectivity index (χ3n) is 1.52. The molecule has 1 aromatic rings. The van der Waals surface area contributed by atoms with E-state index >= 15 is 0 Å². The smallest absolute Gasteiger partial charge is 0.134 e. The van der Waals surface area contributed by atoms with Gasteiger partial charge < -0.3 is 5.41 Å². The van der Waals surface area contributed by atoms with E-state index in [0.717, 1.165) is 5.56 Å². The van der Waals surface area contributed by atoms with E-state index in [1.165, 1.54) is 0 Å². The highest BCUT2D eigenvalue weighted by Gasteiger charge is 1.96. The predicted molar refractivity (Wildman–Crippen MR) is 48.7 cm³/mol. The van der Waals surface area contributed by atoms with Crippen molar-refractivity contribution in [1.82, 2.24) is 0 Å². The quantitative estimate of drug-likeness (QED) is 0.482. The first kappa shape index (κ1) is 8.37. The molecule has 60 valence electrons. The van der Waals surface area contributed by atoms with Gasteiger partial charge in [0.2, 0.25) is 0 Å². The van der Waals surface area contributed by atoms with E-state index in [2.05, 4.69) is 5.18 Å². The highest BCUT2D eigenvalue weighted by molar-refractivity contribution is 5.90. The molecule has 0 aliphatic rings. The predicted octanol–water partition coefficient (Wildman–Crippen LogP) is 2.34. The zero-order valence-corrected chi connectivity index (χ0v) is 6.61. The van der Waals surface area contributed by atoms with Gasteiger partial charge in [-0.05, 0) is 12.1 Å². The van der Waals surface area contributed by atoms with Crippen molar-refractivity contribution in [1.29, 1.82) is 0 Å². The summed E-state index contributed by atoms with van der Waals surface area (Å²) in [6, 6.07) is 7.07. The number of nitrogens with zero attached hydrogens (tertiary/aromatic N) is 2. The maximum Gasteiger partial charge on any atom is 0.134 e. The van der Waals surface area contributed by atoms with Crippen LogP contribution in [0.2, 0.25) is 0 Å². The lowest BCUT2D eigenvalue weighted by molar-refractivity contribution is 1.43. The van der Waals surface area contributed by atoms with Crippen LogP contribution >= 0.6 is 0 Å². The van der Waals surface area contributed by atoms with E-state index in [1.807, 2.05) is 19.1 Å². The molecule has 0 spiro atoms. The zero-order chi connectivity index (χ0) is 8.97. The molecule has 0 aliphatic carbocycles. The molecule has 0 saturated heterocycles. The highest BCUT2D eigenvalue weighted by Crippen LogP contribution is 2.12. The lowest BCUT2D eigenvalue weighted by Gasteiger charge is -1.97. The number of hydrogen-bond donors (Lipinski definition) is 0. The van der Waals surface area contributed by atoms with Crippen LogP contribution in [0.3, 0.4) is 0 Å². The largest absolute Gasteiger partial charge is 0.761 e. The standard InChI is InChI=1S/C9H7N2O/c1-7-2-4-8(5-3-7)9(6-10)11-12/h2-5H,1H3/q-1. The molecule has 12 heavy (non-hydrogen) atoms. The minimum absolute atomic E-state index is 0.0741. The second-order valence-corrected chi connectivity index (χ2v) is 2.42. The summed E-state index contributed by atoms with van der Waals surface area (Å²) >= 11 is 0. The Kier molecular flexibility index (Phi) is 2.51. The summed E-state index contributed by atoms with van der Waals surface area (Å²) in [6.07, 6.45) is 0. The third-order valence-corrected chi connectivity index (χ3v) is 1.52. The summed E-state index contributed by atoms with van der Waals surface area (Å²) in [4.78, 5) is 10.1. The molecule has 0 radical (unpaired) electrons. The number of rotatable bonds is 2. The van der Waals surface area contributed by atoms with Gasteiger partial charge in [-0.15, -0.1) is 4.91 Å². The van der Waals surface area contributed by atoms with Gasteiger partial charge >= 0.3 is 0 Å². The average Bonchev–Trinajstić information content (AvgIpc) is 2.10. The maximum absolute atomic E-state index is 10.1. The molecule has 0 unspecified atom stereocenters. The van der Waals surface area contributed by atoms with E-state index in [-0.39, 0.29) is 5.70 Å². The van der Waals surface area contributed by atoms with E-state index < -0.39 is 0 Å². The highest BCUT2D eigenvalue weighted by atomic mass is 16.3. The van der Waals surface area contributed by atoms with Gasteiger partial charge in [0, 0.05) is 5.56 Å². The van der Waals surface area contributed by atoms with Crippen LogP contribution in [0.1, 0.15) is 11.1 Å². The Morgan fingerprint density at radius 1 is 1.42 bits per heavy atom. The van der Waals surface area contributed by atoms with Crippen LogP contribution < -0.4 is 0 Å². The minimum atomic E-state index is -0.0741. The van der Waals surface area contributed by atoms with Crippen LogP contribution in [0.4, 0.5) is 0 Å².